The molecule has 9 nitrogen and oxygen atoms in total. The van der Waals surface area contributed by atoms with Gasteiger partial charge in [0, 0.05) is 49.1 Å². The summed E-state index contributed by atoms with van der Waals surface area (Å²) in [6.45, 7) is 2.12. The first-order chi connectivity index (χ1) is 16.5. The molecule has 2 N–H and O–H groups in total. The standard InChI is InChI=1S/C25H34N6O3/c1-30(2)12-13-34-20-9-8-18(14-21(20)33-3)28-24-27-16-17-15-25(10-11-26-23(25)32)31(22(17)29-24)19-6-4-5-7-19/h8-9,14,16,19H,4-7,10-13,15H2,1-3H3,(H,26,32)(H,27,28,29). The number of hydrogen-bond donors (Lipinski definition) is 2. The van der Waals surface area contributed by atoms with E-state index in [1.54, 1.807) is 7.11 Å². The molecule has 1 aromatic heterocycles. The van der Waals surface area contributed by atoms with Gasteiger partial charge in [0.25, 0.3) is 0 Å². The molecule has 1 saturated heterocycles. The largest absolute Gasteiger partial charge is 0.493 e. The molecule has 2 aromatic rings. The number of benzene rings is 1. The minimum absolute atomic E-state index is 0.126. The van der Waals surface area contributed by atoms with E-state index in [-0.39, 0.29) is 5.91 Å². The smallest absolute Gasteiger partial charge is 0.246 e. The van der Waals surface area contributed by atoms with Gasteiger partial charge in [-0.05, 0) is 45.5 Å². The predicted molar refractivity (Wildman–Crippen MR) is 131 cm³/mol. The van der Waals surface area contributed by atoms with Gasteiger partial charge in [-0.15, -0.1) is 0 Å². The number of carbonyl (C=O) groups is 1. The Hall–Kier alpha value is -3.07. The van der Waals surface area contributed by atoms with Crippen LogP contribution in [0.25, 0.3) is 0 Å². The first kappa shape index (κ1) is 22.7. The van der Waals surface area contributed by atoms with Crippen LogP contribution in [0.3, 0.4) is 0 Å². The Kier molecular flexibility index (Phi) is 6.20. The minimum Gasteiger partial charge on any atom is -0.493 e. The molecule has 1 atom stereocenters. The Bertz CT molecular complexity index is 1050. The van der Waals surface area contributed by atoms with Crippen LogP contribution in [0.2, 0.25) is 0 Å². The van der Waals surface area contributed by atoms with Crippen molar-refractivity contribution in [3.63, 3.8) is 0 Å². The van der Waals surface area contributed by atoms with Gasteiger partial charge in [-0.25, -0.2) is 4.98 Å². The van der Waals surface area contributed by atoms with Crippen LogP contribution in [0.5, 0.6) is 11.5 Å². The summed E-state index contributed by atoms with van der Waals surface area (Å²) >= 11 is 0. The predicted octanol–water partition coefficient (Wildman–Crippen LogP) is 2.73. The molecule has 2 aliphatic heterocycles. The molecule has 1 amide bonds. The van der Waals surface area contributed by atoms with Gasteiger partial charge in [0.15, 0.2) is 11.5 Å². The first-order valence-corrected chi connectivity index (χ1v) is 12.2. The molecule has 34 heavy (non-hydrogen) atoms. The number of methoxy groups -OCH3 is 1. The van der Waals surface area contributed by atoms with E-state index in [1.165, 1.54) is 12.8 Å². The van der Waals surface area contributed by atoms with E-state index >= 15 is 0 Å². The Balaban J connectivity index is 1.38. The van der Waals surface area contributed by atoms with Gasteiger partial charge in [-0.1, -0.05) is 12.8 Å². The topological polar surface area (TPSA) is 91.8 Å². The lowest BCUT2D eigenvalue weighted by atomic mass is 9.91. The zero-order valence-corrected chi connectivity index (χ0v) is 20.3. The summed E-state index contributed by atoms with van der Waals surface area (Å²) in [6.07, 6.45) is 7.98. The average Bonchev–Trinajstić information content (AvgIpc) is 3.54. The normalized spacial score (nSPS) is 21.9. The average molecular weight is 467 g/mol. The van der Waals surface area contributed by atoms with Crippen LogP contribution in [-0.2, 0) is 11.2 Å². The van der Waals surface area contributed by atoms with E-state index in [2.05, 4.69) is 25.4 Å². The number of hydrogen-bond acceptors (Lipinski definition) is 8. The lowest BCUT2D eigenvalue weighted by Gasteiger charge is -2.38. The summed E-state index contributed by atoms with van der Waals surface area (Å²) in [5.41, 5.74) is 1.35. The third-order valence-corrected chi connectivity index (χ3v) is 7.17. The highest BCUT2D eigenvalue weighted by molar-refractivity contribution is 5.94. The van der Waals surface area contributed by atoms with E-state index in [0.29, 0.717) is 36.5 Å². The van der Waals surface area contributed by atoms with Crippen molar-refractivity contribution in [2.24, 2.45) is 0 Å². The van der Waals surface area contributed by atoms with Crippen LogP contribution >= 0.6 is 0 Å². The Morgan fingerprint density at radius 2 is 2.09 bits per heavy atom. The number of anilines is 3. The van der Waals surface area contributed by atoms with Crippen molar-refractivity contribution in [1.82, 2.24) is 20.2 Å². The highest BCUT2D eigenvalue weighted by atomic mass is 16.5. The van der Waals surface area contributed by atoms with Gasteiger partial charge in [-0.3, -0.25) is 4.79 Å². The van der Waals surface area contributed by atoms with Gasteiger partial charge in [0.2, 0.25) is 11.9 Å². The number of fused-ring (bicyclic) bond motifs is 1. The van der Waals surface area contributed by atoms with Gasteiger partial charge in [0.05, 0.1) is 7.11 Å². The zero-order chi connectivity index (χ0) is 23.7. The number of aromatic nitrogens is 2. The van der Waals surface area contributed by atoms with Crippen molar-refractivity contribution in [3.8, 4) is 11.5 Å². The molecule has 0 bridgehead atoms. The molecule has 5 rings (SSSR count). The lowest BCUT2D eigenvalue weighted by molar-refractivity contribution is -0.123. The number of nitrogens with one attached hydrogen (secondary N) is 2. The van der Waals surface area contributed by atoms with E-state index in [1.807, 2.05) is 38.5 Å². The number of carbonyl (C=O) groups excluding carboxylic acids is 1. The molecule has 3 heterocycles. The van der Waals surface area contributed by atoms with Crippen LogP contribution < -0.4 is 25.0 Å². The second-order valence-corrected chi connectivity index (χ2v) is 9.71. The minimum atomic E-state index is -0.514. The third-order valence-electron chi connectivity index (χ3n) is 7.17. The maximum atomic E-state index is 13.0. The van der Waals surface area contributed by atoms with E-state index < -0.39 is 5.54 Å². The highest BCUT2D eigenvalue weighted by Crippen LogP contribution is 2.46. The van der Waals surface area contributed by atoms with Crippen molar-refractivity contribution >= 4 is 23.4 Å². The molecule has 1 unspecified atom stereocenters. The van der Waals surface area contributed by atoms with Gasteiger partial charge >= 0.3 is 0 Å². The number of amides is 1. The van der Waals surface area contributed by atoms with Crippen LogP contribution in [0.4, 0.5) is 17.5 Å². The molecule has 1 spiro atoms. The maximum absolute atomic E-state index is 13.0. The Morgan fingerprint density at radius 1 is 1.26 bits per heavy atom. The second kappa shape index (κ2) is 9.29. The van der Waals surface area contributed by atoms with E-state index in [4.69, 9.17) is 14.5 Å². The summed E-state index contributed by atoms with van der Waals surface area (Å²) < 4.78 is 11.4. The molecule has 0 radical (unpaired) electrons. The molecular weight excluding hydrogens is 432 g/mol. The Morgan fingerprint density at radius 3 is 2.79 bits per heavy atom. The number of likely N-dealkylation sites (N-methyl/N-ethyl adjacent to an activating group) is 1. The number of rotatable bonds is 8. The number of nitrogens with zero attached hydrogens (tertiary/aromatic N) is 4. The second-order valence-electron chi connectivity index (χ2n) is 9.71. The first-order valence-electron chi connectivity index (χ1n) is 12.2. The van der Waals surface area contributed by atoms with Gasteiger partial charge in [-0.2, -0.15) is 4.98 Å². The fraction of sp³-hybridized carbons (Fsp3) is 0.560. The molecule has 182 valence electrons. The number of ether oxygens (including phenoxy) is 2. The molecule has 9 heteroatoms. The fourth-order valence-electron chi connectivity index (χ4n) is 5.47. The molecular formula is C25H34N6O3. The van der Waals surface area contributed by atoms with Crippen molar-refractivity contribution in [1.29, 1.82) is 0 Å². The highest BCUT2D eigenvalue weighted by Gasteiger charge is 2.55. The quantitative estimate of drug-likeness (QED) is 0.614. The van der Waals surface area contributed by atoms with E-state index in [9.17, 15) is 4.79 Å². The summed E-state index contributed by atoms with van der Waals surface area (Å²) in [5, 5.41) is 6.38. The molecule has 2 fully saturated rings. The summed E-state index contributed by atoms with van der Waals surface area (Å²) in [5.74, 6) is 2.89. The van der Waals surface area contributed by atoms with Crippen LogP contribution in [0.1, 0.15) is 37.7 Å². The fourth-order valence-corrected chi connectivity index (χ4v) is 5.47. The van der Waals surface area contributed by atoms with Crippen molar-refractivity contribution in [2.45, 2.75) is 50.1 Å². The monoisotopic (exact) mass is 466 g/mol. The van der Waals surface area contributed by atoms with Gasteiger partial charge < -0.3 is 29.9 Å². The SMILES string of the molecule is COc1cc(Nc2ncc3c(n2)N(C2CCCC2)C2(CCNC2=O)C3)ccc1OCCN(C)C. The van der Waals surface area contributed by atoms with Crippen molar-refractivity contribution in [2.75, 3.05) is 51.1 Å². The molecule has 3 aliphatic rings. The zero-order valence-electron chi connectivity index (χ0n) is 20.3. The van der Waals surface area contributed by atoms with Crippen molar-refractivity contribution in [3.05, 3.63) is 30.0 Å². The maximum Gasteiger partial charge on any atom is 0.246 e. The third kappa shape index (κ3) is 4.13. The summed E-state index contributed by atoms with van der Waals surface area (Å²) in [4.78, 5) is 26.9. The van der Waals surface area contributed by atoms with Crippen molar-refractivity contribution < 1.29 is 14.3 Å². The Labute approximate surface area is 200 Å². The van der Waals surface area contributed by atoms with Crippen LogP contribution in [0, 0.1) is 0 Å². The van der Waals surface area contributed by atoms with Crippen LogP contribution in [0.15, 0.2) is 24.4 Å². The summed E-state index contributed by atoms with van der Waals surface area (Å²) in [6, 6.07) is 6.08. The van der Waals surface area contributed by atoms with E-state index in [0.717, 1.165) is 49.4 Å². The van der Waals surface area contributed by atoms with Crippen LogP contribution in [-0.4, -0.2) is 73.3 Å². The molecule has 1 aromatic carbocycles. The van der Waals surface area contributed by atoms with Gasteiger partial charge in [0.1, 0.15) is 18.0 Å². The molecule has 1 aliphatic carbocycles. The summed E-state index contributed by atoms with van der Waals surface area (Å²) in [7, 11) is 5.66. The molecule has 1 saturated carbocycles. The lowest BCUT2D eigenvalue weighted by Crippen LogP contribution is -2.56.